The van der Waals surface area contributed by atoms with Gasteiger partial charge in [0, 0.05) is 47.9 Å². The largest absolute Gasteiger partial charge is 0.352 e. The standard InChI is InChI=1S/C21H18Cl2N4O2/c22-16-6-4-15(5-7-16)21(29)26-12-10-25(11-13-26)19-8-9-20(28)27(24-19)18-3-1-2-17(23)14-18/h1-9,14H,10-13H2. The maximum absolute atomic E-state index is 12.7. The van der Waals surface area contributed by atoms with Crippen molar-refractivity contribution in [3.8, 4) is 5.69 Å². The number of hydrogen-bond donors (Lipinski definition) is 0. The first kappa shape index (κ1) is 19.5. The molecule has 148 valence electrons. The van der Waals surface area contributed by atoms with Crippen LogP contribution in [-0.4, -0.2) is 46.8 Å². The second kappa shape index (κ2) is 8.27. The highest BCUT2D eigenvalue weighted by Gasteiger charge is 2.23. The van der Waals surface area contributed by atoms with E-state index in [1.165, 1.54) is 10.7 Å². The number of aromatic nitrogens is 2. The number of halogens is 2. The van der Waals surface area contributed by atoms with Crippen LogP contribution in [0.15, 0.2) is 65.5 Å². The molecule has 0 spiro atoms. The summed E-state index contributed by atoms with van der Waals surface area (Å²) in [7, 11) is 0. The van der Waals surface area contributed by atoms with E-state index in [1.54, 1.807) is 54.6 Å². The van der Waals surface area contributed by atoms with Crippen LogP contribution in [0.25, 0.3) is 5.69 Å². The van der Waals surface area contributed by atoms with Crippen molar-refractivity contribution in [3.63, 3.8) is 0 Å². The first-order valence-corrected chi connectivity index (χ1v) is 9.93. The zero-order chi connectivity index (χ0) is 20.4. The zero-order valence-electron chi connectivity index (χ0n) is 15.5. The third-order valence-electron chi connectivity index (χ3n) is 4.82. The van der Waals surface area contributed by atoms with Gasteiger partial charge in [-0.1, -0.05) is 29.3 Å². The van der Waals surface area contributed by atoms with Crippen molar-refractivity contribution >= 4 is 34.9 Å². The second-order valence-corrected chi connectivity index (χ2v) is 7.58. The average molecular weight is 429 g/mol. The van der Waals surface area contributed by atoms with Gasteiger partial charge in [0.1, 0.15) is 5.82 Å². The fourth-order valence-corrected chi connectivity index (χ4v) is 3.59. The van der Waals surface area contributed by atoms with Gasteiger partial charge < -0.3 is 9.80 Å². The molecule has 0 unspecified atom stereocenters. The van der Waals surface area contributed by atoms with Gasteiger partial charge in [0.2, 0.25) is 0 Å². The third-order valence-corrected chi connectivity index (χ3v) is 5.31. The van der Waals surface area contributed by atoms with E-state index >= 15 is 0 Å². The molecule has 0 radical (unpaired) electrons. The van der Waals surface area contributed by atoms with E-state index in [2.05, 4.69) is 10.00 Å². The summed E-state index contributed by atoms with van der Waals surface area (Å²) in [4.78, 5) is 28.8. The minimum Gasteiger partial charge on any atom is -0.352 e. The smallest absolute Gasteiger partial charge is 0.271 e. The quantitative estimate of drug-likeness (QED) is 0.640. The average Bonchev–Trinajstić information content (AvgIpc) is 2.74. The Hall–Kier alpha value is -2.83. The van der Waals surface area contributed by atoms with Crippen LogP contribution in [0.4, 0.5) is 5.82 Å². The van der Waals surface area contributed by atoms with Crippen molar-refractivity contribution in [3.05, 3.63) is 86.6 Å². The number of carbonyl (C=O) groups is 1. The molecule has 0 atom stereocenters. The van der Waals surface area contributed by atoms with Gasteiger partial charge in [0.25, 0.3) is 11.5 Å². The number of amides is 1. The maximum atomic E-state index is 12.7. The second-order valence-electron chi connectivity index (χ2n) is 6.71. The summed E-state index contributed by atoms with van der Waals surface area (Å²) in [6, 6.07) is 17.1. The monoisotopic (exact) mass is 428 g/mol. The summed E-state index contributed by atoms with van der Waals surface area (Å²) in [6.45, 7) is 2.39. The van der Waals surface area contributed by atoms with Crippen LogP contribution < -0.4 is 10.5 Å². The number of rotatable bonds is 3. The molecule has 29 heavy (non-hydrogen) atoms. The van der Waals surface area contributed by atoms with Gasteiger partial charge in [-0.05, 0) is 48.5 Å². The molecule has 2 aromatic carbocycles. The number of nitrogens with zero attached hydrogens (tertiary/aromatic N) is 4. The predicted octanol–water partition coefficient (Wildman–Crippen LogP) is 3.50. The van der Waals surface area contributed by atoms with E-state index in [0.717, 1.165) is 0 Å². The highest BCUT2D eigenvalue weighted by Crippen LogP contribution is 2.17. The normalized spacial score (nSPS) is 14.1. The summed E-state index contributed by atoms with van der Waals surface area (Å²) in [5, 5.41) is 5.64. The molecule has 8 heteroatoms. The maximum Gasteiger partial charge on any atom is 0.271 e. The number of anilines is 1. The fourth-order valence-electron chi connectivity index (χ4n) is 3.28. The molecule has 1 amide bonds. The first-order valence-electron chi connectivity index (χ1n) is 9.17. The Morgan fingerprint density at radius 3 is 2.28 bits per heavy atom. The van der Waals surface area contributed by atoms with Crippen LogP contribution in [0.3, 0.4) is 0 Å². The van der Waals surface area contributed by atoms with E-state index in [-0.39, 0.29) is 11.5 Å². The van der Waals surface area contributed by atoms with Crippen molar-refractivity contribution in [1.29, 1.82) is 0 Å². The van der Waals surface area contributed by atoms with Crippen molar-refractivity contribution < 1.29 is 4.79 Å². The van der Waals surface area contributed by atoms with E-state index in [1.807, 2.05) is 4.90 Å². The summed E-state index contributed by atoms with van der Waals surface area (Å²) in [5.41, 5.74) is 1.00. The van der Waals surface area contributed by atoms with Gasteiger partial charge in [-0.3, -0.25) is 9.59 Å². The highest BCUT2D eigenvalue weighted by molar-refractivity contribution is 6.31. The molecule has 0 aliphatic carbocycles. The van der Waals surface area contributed by atoms with Crippen LogP contribution >= 0.6 is 23.2 Å². The summed E-state index contributed by atoms with van der Waals surface area (Å²) in [5.74, 6) is 0.668. The Bertz CT molecular complexity index is 1090. The van der Waals surface area contributed by atoms with Crippen LogP contribution in [0.1, 0.15) is 10.4 Å². The molecule has 1 fully saturated rings. The van der Waals surface area contributed by atoms with Gasteiger partial charge in [-0.15, -0.1) is 5.10 Å². The first-order chi connectivity index (χ1) is 14.0. The topological polar surface area (TPSA) is 58.4 Å². The molecule has 1 saturated heterocycles. The molecule has 1 aromatic heterocycles. The lowest BCUT2D eigenvalue weighted by Crippen LogP contribution is -2.49. The van der Waals surface area contributed by atoms with Crippen molar-refractivity contribution in [2.75, 3.05) is 31.1 Å². The minimum absolute atomic E-state index is 0.0156. The van der Waals surface area contributed by atoms with Crippen molar-refractivity contribution in [2.24, 2.45) is 0 Å². The van der Waals surface area contributed by atoms with Crippen LogP contribution in [0.5, 0.6) is 0 Å². The molecular formula is C21H18Cl2N4O2. The van der Waals surface area contributed by atoms with Gasteiger partial charge in [0.05, 0.1) is 5.69 Å². The lowest BCUT2D eigenvalue weighted by molar-refractivity contribution is 0.0746. The van der Waals surface area contributed by atoms with E-state index < -0.39 is 0 Å². The Morgan fingerprint density at radius 2 is 1.59 bits per heavy atom. The number of piperazine rings is 1. The Kier molecular flexibility index (Phi) is 5.56. The van der Waals surface area contributed by atoms with Gasteiger partial charge >= 0.3 is 0 Å². The number of carbonyl (C=O) groups excluding carboxylic acids is 1. The minimum atomic E-state index is -0.229. The SMILES string of the molecule is O=C(c1ccc(Cl)cc1)N1CCN(c2ccc(=O)n(-c3cccc(Cl)c3)n2)CC1. The molecule has 0 N–H and O–H groups in total. The highest BCUT2D eigenvalue weighted by atomic mass is 35.5. The Balaban J connectivity index is 1.49. The predicted molar refractivity (Wildman–Crippen MR) is 114 cm³/mol. The van der Waals surface area contributed by atoms with E-state index in [0.29, 0.717) is 53.3 Å². The summed E-state index contributed by atoms with van der Waals surface area (Å²) < 4.78 is 1.34. The zero-order valence-corrected chi connectivity index (χ0v) is 17.0. The van der Waals surface area contributed by atoms with Crippen LogP contribution in [0, 0.1) is 0 Å². The van der Waals surface area contributed by atoms with Crippen LogP contribution in [-0.2, 0) is 0 Å². The van der Waals surface area contributed by atoms with Gasteiger partial charge in [-0.25, -0.2) is 0 Å². The lowest BCUT2D eigenvalue weighted by atomic mass is 10.2. The molecular weight excluding hydrogens is 411 g/mol. The molecule has 1 aliphatic rings. The Labute approximate surface area is 177 Å². The van der Waals surface area contributed by atoms with Gasteiger partial charge in [0.15, 0.2) is 0 Å². The fraction of sp³-hybridized carbons (Fsp3) is 0.190. The molecule has 3 aromatic rings. The van der Waals surface area contributed by atoms with Crippen molar-refractivity contribution in [2.45, 2.75) is 0 Å². The summed E-state index contributed by atoms with van der Waals surface area (Å²) in [6.07, 6.45) is 0. The molecule has 1 aliphatic heterocycles. The van der Waals surface area contributed by atoms with E-state index in [4.69, 9.17) is 23.2 Å². The van der Waals surface area contributed by atoms with Crippen LogP contribution in [0.2, 0.25) is 10.0 Å². The molecule has 6 nitrogen and oxygen atoms in total. The molecule has 4 rings (SSSR count). The van der Waals surface area contributed by atoms with E-state index in [9.17, 15) is 9.59 Å². The number of benzene rings is 2. The molecule has 0 bridgehead atoms. The lowest BCUT2D eigenvalue weighted by Gasteiger charge is -2.35. The van der Waals surface area contributed by atoms with Gasteiger partial charge in [-0.2, -0.15) is 4.68 Å². The number of hydrogen-bond acceptors (Lipinski definition) is 4. The third kappa shape index (κ3) is 4.28. The Morgan fingerprint density at radius 1 is 0.862 bits per heavy atom. The summed E-state index contributed by atoms with van der Waals surface area (Å²) >= 11 is 11.9. The molecule has 0 saturated carbocycles. The van der Waals surface area contributed by atoms with Crippen molar-refractivity contribution in [1.82, 2.24) is 14.7 Å². The molecule has 2 heterocycles.